The quantitative estimate of drug-likeness (QED) is 0.856. The predicted octanol–water partition coefficient (Wildman–Crippen LogP) is 2.61. The molecule has 2 heteroatoms. The van der Waals surface area contributed by atoms with Gasteiger partial charge in [0.1, 0.15) is 0 Å². The van der Waals surface area contributed by atoms with E-state index in [4.69, 9.17) is 0 Å². The Labute approximate surface area is 103 Å². The fourth-order valence-corrected chi connectivity index (χ4v) is 2.73. The van der Waals surface area contributed by atoms with Crippen LogP contribution < -0.4 is 5.32 Å². The largest absolute Gasteiger partial charge is 0.314 e. The standard InChI is InChI=1S/C15H18N2/c16-11-15(13-4-2-1-3-5-13)8-14(9-15)17-10-12-6-7-12/h1-5,12,14,17H,6-10H2. The summed E-state index contributed by atoms with van der Waals surface area (Å²) in [6.45, 7) is 1.15. The summed E-state index contributed by atoms with van der Waals surface area (Å²) < 4.78 is 0. The zero-order valence-electron chi connectivity index (χ0n) is 10.0. The van der Waals surface area contributed by atoms with Crippen LogP contribution >= 0.6 is 0 Å². The summed E-state index contributed by atoms with van der Waals surface area (Å²) in [7, 11) is 0. The maximum atomic E-state index is 9.42. The Bertz CT molecular complexity index is 422. The van der Waals surface area contributed by atoms with Crippen molar-refractivity contribution in [1.82, 2.24) is 5.32 Å². The van der Waals surface area contributed by atoms with Crippen LogP contribution in [0.5, 0.6) is 0 Å². The number of benzene rings is 1. The Balaban J connectivity index is 1.61. The molecule has 17 heavy (non-hydrogen) atoms. The Morgan fingerprint density at radius 1 is 1.24 bits per heavy atom. The molecule has 1 N–H and O–H groups in total. The number of nitrogens with zero attached hydrogens (tertiary/aromatic N) is 1. The molecule has 0 heterocycles. The van der Waals surface area contributed by atoms with E-state index in [-0.39, 0.29) is 5.41 Å². The van der Waals surface area contributed by atoms with Crippen LogP contribution in [0.25, 0.3) is 0 Å². The van der Waals surface area contributed by atoms with Gasteiger partial charge in [0, 0.05) is 6.04 Å². The van der Waals surface area contributed by atoms with E-state index in [1.807, 2.05) is 18.2 Å². The van der Waals surface area contributed by atoms with E-state index in [2.05, 4.69) is 23.5 Å². The number of nitriles is 1. The van der Waals surface area contributed by atoms with E-state index >= 15 is 0 Å². The van der Waals surface area contributed by atoms with Crippen molar-refractivity contribution in [2.45, 2.75) is 37.1 Å². The molecule has 0 spiro atoms. The third-order valence-corrected chi connectivity index (χ3v) is 4.12. The van der Waals surface area contributed by atoms with Crippen molar-refractivity contribution >= 4 is 0 Å². The van der Waals surface area contributed by atoms with Crippen LogP contribution in [-0.2, 0) is 5.41 Å². The molecule has 0 unspecified atom stereocenters. The second-order valence-corrected chi connectivity index (χ2v) is 5.52. The number of hydrogen-bond acceptors (Lipinski definition) is 2. The summed E-state index contributed by atoms with van der Waals surface area (Å²) in [6, 6.07) is 13.3. The van der Waals surface area contributed by atoms with Gasteiger partial charge in [-0.05, 0) is 43.7 Å². The first-order chi connectivity index (χ1) is 8.32. The molecule has 2 fully saturated rings. The maximum absolute atomic E-state index is 9.42. The lowest BCUT2D eigenvalue weighted by Gasteiger charge is -2.43. The highest BCUT2D eigenvalue weighted by molar-refractivity contribution is 5.36. The fourth-order valence-electron chi connectivity index (χ4n) is 2.73. The Morgan fingerprint density at radius 2 is 1.94 bits per heavy atom. The molecule has 1 aromatic rings. The molecule has 0 amide bonds. The molecule has 0 radical (unpaired) electrons. The van der Waals surface area contributed by atoms with Crippen LogP contribution in [0.15, 0.2) is 30.3 Å². The molecule has 0 aromatic heterocycles. The molecule has 0 saturated heterocycles. The van der Waals surface area contributed by atoms with Crippen molar-refractivity contribution < 1.29 is 0 Å². The summed E-state index contributed by atoms with van der Waals surface area (Å²) in [5, 5.41) is 13.0. The van der Waals surface area contributed by atoms with Crippen LogP contribution in [0.2, 0.25) is 0 Å². The summed E-state index contributed by atoms with van der Waals surface area (Å²) in [5.74, 6) is 0.920. The molecule has 2 saturated carbocycles. The van der Waals surface area contributed by atoms with E-state index in [1.54, 1.807) is 0 Å². The van der Waals surface area contributed by atoms with Gasteiger partial charge in [-0.25, -0.2) is 0 Å². The van der Waals surface area contributed by atoms with Gasteiger partial charge in [-0.2, -0.15) is 5.26 Å². The molecule has 2 aliphatic carbocycles. The summed E-state index contributed by atoms with van der Waals surface area (Å²) in [5.41, 5.74) is 0.967. The van der Waals surface area contributed by atoms with Crippen LogP contribution in [0.4, 0.5) is 0 Å². The average molecular weight is 226 g/mol. The second-order valence-electron chi connectivity index (χ2n) is 5.52. The lowest BCUT2D eigenvalue weighted by Crippen LogP contribution is -2.51. The topological polar surface area (TPSA) is 35.8 Å². The monoisotopic (exact) mass is 226 g/mol. The van der Waals surface area contributed by atoms with Crippen molar-refractivity contribution in [2.24, 2.45) is 5.92 Å². The lowest BCUT2D eigenvalue weighted by atomic mass is 9.62. The lowest BCUT2D eigenvalue weighted by molar-refractivity contribution is 0.225. The molecular weight excluding hydrogens is 208 g/mol. The van der Waals surface area contributed by atoms with E-state index in [1.165, 1.54) is 18.4 Å². The van der Waals surface area contributed by atoms with E-state index < -0.39 is 0 Å². The van der Waals surface area contributed by atoms with Gasteiger partial charge in [-0.15, -0.1) is 0 Å². The van der Waals surface area contributed by atoms with Crippen LogP contribution in [0.3, 0.4) is 0 Å². The molecule has 2 nitrogen and oxygen atoms in total. The maximum Gasteiger partial charge on any atom is 0.0852 e. The smallest absolute Gasteiger partial charge is 0.0852 e. The van der Waals surface area contributed by atoms with Crippen molar-refractivity contribution in [3.05, 3.63) is 35.9 Å². The van der Waals surface area contributed by atoms with Gasteiger partial charge in [-0.1, -0.05) is 30.3 Å². The number of nitrogens with one attached hydrogen (secondary N) is 1. The van der Waals surface area contributed by atoms with E-state index in [0.29, 0.717) is 6.04 Å². The highest BCUT2D eigenvalue weighted by atomic mass is 14.9. The van der Waals surface area contributed by atoms with Crippen molar-refractivity contribution in [2.75, 3.05) is 6.54 Å². The zero-order valence-corrected chi connectivity index (χ0v) is 10.0. The van der Waals surface area contributed by atoms with Crippen LogP contribution in [-0.4, -0.2) is 12.6 Å². The Morgan fingerprint density at radius 3 is 2.53 bits per heavy atom. The van der Waals surface area contributed by atoms with E-state index in [0.717, 1.165) is 25.3 Å². The third-order valence-electron chi connectivity index (χ3n) is 4.12. The Hall–Kier alpha value is -1.33. The summed E-state index contributed by atoms with van der Waals surface area (Å²) in [6.07, 6.45) is 4.73. The molecule has 2 aliphatic rings. The predicted molar refractivity (Wildman–Crippen MR) is 67.5 cm³/mol. The van der Waals surface area contributed by atoms with Gasteiger partial charge in [0.25, 0.3) is 0 Å². The first kappa shape index (κ1) is 10.8. The molecule has 1 aromatic carbocycles. The summed E-state index contributed by atoms with van der Waals surface area (Å²) >= 11 is 0. The van der Waals surface area contributed by atoms with Crippen LogP contribution in [0.1, 0.15) is 31.2 Å². The van der Waals surface area contributed by atoms with Crippen molar-refractivity contribution in [3.63, 3.8) is 0 Å². The molecular formula is C15H18N2. The first-order valence-corrected chi connectivity index (χ1v) is 6.52. The highest BCUT2D eigenvalue weighted by Crippen LogP contribution is 2.43. The third kappa shape index (κ3) is 2.08. The first-order valence-electron chi connectivity index (χ1n) is 6.52. The molecule has 88 valence electrons. The normalized spacial score (nSPS) is 31.6. The van der Waals surface area contributed by atoms with Crippen molar-refractivity contribution in [3.8, 4) is 6.07 Å². The number of hydrogen-bond donors (Lipinski definition) is 1. The fraction of sp³-hybridized carbons (Fsp3) is 0.533. The summed E-state index contributed by atoms with van der Waals surface area (Å²) in [4.78, 5) is 0. The van der Waals surface area contributed by atoms with Gasteiger partial charge in [-0.3, -0.25) is 0 Å². The minimum absolute atomic E-state index is 0.220. The van der Waals surface area contributed by atoms with Crippen molar-refractivity contribution in [1.29, 1.82) is 5.26 Å². The van der Waals surface area contributed by atoms with Gasteiger partial charge in [0.15, 0.2) is 0 Å². The number of rotatable bonds is 4. The zero-order chi connectivity index (χ0) is 11.7. The molecule has 3 rings (SSSR count). The second kappa shape index (κ2) is 4.16. The van der Waals surface area contributed by atoms with E-state index in [9.17, 15) is 5.26 Å². The van der Waals surface area contributed by atoms with Gasteiger partial charge >= 0.3 is 0 Å². The highest BCUT2D eigenvalue weighted by Gasteiger charge is 2.46. The van der Waals surface area contributed by atoms with Gasteiger partial charge < -0.3 is 5.32 Å². The van der Waals surface area contributed by atoms with Crippen LogP contribution in [0, 0.1) is 17.2 Å². The van der Waals surface area contributed by atoms with Gasteiger partial charge in [0.05, 0.1) is 11.5 Å². The molecule has 0 bridgehead atoms. The SMILES string of the molecule is N#CC1(c2ccccc2)CC(NCC2CC2)C1. The minimum Gasteiger partial charge on any atom is -0.314 e. The van der Waals surface area contributed by atoms with Gasteiger partial charge in [0.2, 0.25) is 0 Å². The minimum atomic E-state index is -0.220. The molecule has 0 aliphatic heterocycles. The average Bonchev–Trinajstić information content (AvgIpc) is 3.13. The molecule has 0 atom stereocenters. The Kier molecular flexibility index (Phi) is 2.64.